The van der Waals surface area contributed by atoms with E-state index in [0.717, 1.165) is 43.2 Å². The fourth-order valence-electron chi connectivity index (χ4n) is 3.48. The average Bonchev–Trinajstić information content (AvgIpc) is 3.01. The summed E-state index contributed by atoms with van der Waals surface area (Å²) < 4.78 is 0. The van der Waals surface area contributed by atoms with Gasteiger partial charge in [-0.3, -0.25) is 0 Å². The molecule has 24 heavy (non-hydrogen) atoms. The zero-order valence-corrected chi connectivity index (χ0v) is 14.2. The third-order valence-corrected chi connectivity index (χ3v) is 4.70. The fraction of sp³-hybridized carbons (Fsp3) is 0.286. The Morgan fingerprint density at radius 1 is 0.750 bits per heavy atom. The van der Waals surface area contributed by atoms with E-state index in [2.05, 4.69) is 71.3 Å². The molecule has 0 saturated heterocycles. The summed E-state index contributed by atoms with van der Waals surface area (Å²) in [5, 5.41) is 0. The van der Waals surface area contributed by atoms with E-state index < -0.39 is 0 Å². The molecule has 1 aromatic heterocycles. The van der Waals surface area contributed by atoms with Crippen LogP contribution >= 0.6 is 0 Å². The third-order valence-electron chi connectivity index (χ3n) is 4.70. The van der Waals surface area contributed by atoms with Gasteiger partial charge in [-0.25, -0.2) is 15.0 Å². The van der Waals surface area contributed by atoms with Crippen LogP contribution in [0.2, 0.25) is 0 Å². The van der Waals surface area contributed by atoms with Crippen LogP contribution in [0.25, 0.3) is 11.1 Å². The monoisotopic (exact) mass is 315 g/mol. The summed E-state index contributed by atoms with van der Waals surface area (Å²) in [5.41, 5.74) is 6.91. The maximum Gasteiger partial charge on any atom is 0.137 e. The van der Waals surface area contributed by atoms with Crippen molar-refractivity contribution in [2.24, 2.45) is 0 Å². The first-order chi connectivity index (χ1) is 11.8. The van der Waals surface area contributed by atoms with Crippen molar-refractivity contribution in [3.8, 4) is 11.1 Å². The molecule has 3 heteroatoms. The highest BCUT2D eigenvalue weighted by atomic mass is 15.0. The van der Waals surface area contributed by atoms with Gasteiger partial charge in [0.05, 0.1) is 0 Å². The van der Waals surface area contributed by atoms with Crippen LogP contribution in [0.3, 0.4) is 0 Å². The Bertz CT molecular complexity index is 877. The molecule has 0 amide bonds. The van der Waals surface area contributed by atoms with Crippen LogP contribution in [-0.4, -0.2) is 15.0 Å². The lowest BCUT2D eigenvalue weighted by molar-refractivity contribution is 0.778. The average molecular weight is 315 g/mol. The summed E-state index contributed by atoms with van der Waals surface area (Å²) in [6.45, 7) is 4.19. The first kappa shape index (κ1) is 15.0. The van der Waals surface area contributed by atoms with E-state index in [9.17, 15) is 0 Å². The molecule has 1 heterocycles. The second kappa shape index (κ2) is 6.16. The van der Waals surface area contributed by atoms with Crippen molar-refractivity contribution >= 4 is 0 Å². The summed E-state index contributed by atoms with van der Waals surface area (Å²) in [6, 6.07) is 15.3. The molecule has 1 aliphatic carbocycles. The smallest absolute Gasteiger partial charge is 0.137 e. The highest BCUT2D eigenvalue weighted by Gasteiger charge is 2.20. The molecule has 0 bridgehead atoms. The Balaban J connectivity index is 1.73. The van der Waals surface area contributed by atoms with E-state index in [1.54, 1.807) is 0 Å². The Kier molecular flexibility index (Phi) is 3.85. The van der Waals surface area contributed by atoms with Crippen molar-refractivity contribution in [2.45, 2.75) is 39.5 Å². The molecular weight excluding hydrogens is 294 g/mol. The number of hydrogen-bond acceptors (Lipinski definition) is 3. The van der Waals surface area contributed by atoms with Gasteiger partial charge in [0.2, 0.25) is 0 Å². The minimum atomic E-state index is 0.777. The largest absolute Gasteiger partial charge is 0.218 e. The third kappa shape index (κ3) is 2.60. The SMILES string of the molecule is CCc1nc(CC)nc(Cc2cccc3c2Cc2ccccc2-3)n1. The van der Waals surface area contributed by atoms with Gasteiger partial charge in [0.15, 0.2) is 0 Å². The molecule has 3 aromatic rings. The van der Waals surface area contributed by atoms with Crippen LogP contribution in [0.15, 0.2) is 42.5 Å². The number of rotatable bonds is 4. The van der Waals surface area contributed by atoms with E-state index >= 15 is 0 Å². The minimum absolute atomic E-state index is 0.777. The Morgan fingerprint density at radius 3 is 2.17 bits per heavy atom. The van der Waals surface area contributed by atoms with Gasteiger partial charge in [0, 0.05) is 19.3 Å². The Morgan fingerprint density at radius 2 is 1.42 bits per heavy atom. The van der Waals surface area contributed by atoms with Crippen molar-refractivity contribution < 1.29 is 0 Å². The van der Waals surface area contributed by atoms with E-state index in [4.69, 9.17) is 0 Å². The molecule has 0 spiro atoms. The number of aromatic nitrogens is 3. The van der Waals surface area contributed by atoms with E-state index in [1.165, 1.54) is 27.8 Å². The van der Waals surface area contributed by atoms with Crippen molar-refractivity contribution in [1.29, 1.82) is 0 Å². The molecule has 120 valence electrons. The second-order valence-corrected chi connectivity index (χ2v) is 6.25. The number of fused-ring (bicyclic) bond motifs is 3. The molecule has 0 fully saturated rings. The zero-order chi connectivity index (χ0) is 16.5. The van der Waals surface area contributed by atoms with Gasteiger partial charge in [-0.1, -0.05) is 56.3 Å². The lowest BCUT2D eigenvalue weighted by Crippen LogP contribution is -2.08. The quantitative estimate of drug-likeness (QED) is 0.567. The van der Waals surface area contributed by atoms with Crippen molar-refractivity contribution in [2.75, 3.05) is 0 Å². The normalized spacial score (nSPS) is 12.1. The van der Waals surface area contributed by atoms with E-state index in [1.807, 2.05) is 0 Å². The maximum absolute atomic E-state index is 4.65. The molecular formula is C21H21N3. The molecule has 0 unspecified atom stereocenters. The molecule has 2 aromatic carbocycles. The van der Waals surface area contributed by atoms with E-state index in [-0.39, 0.29) is 0 Å². The number of hydrogen-bond donors (Lipinski definition) is 0. The van der Waals surface area contributed by atoms with Gasteiger partial charge in [-0.15, -0.1) is 0 Å². The molecule has 0 radical (unpaired) electrons. The maximum atomic E-state index is 4.65. The van der Waals surface area contributed by atoms with Gasteiger partial charge in [-0.05, 0) is 34.2 Å². The van der Waals surface area contributed by atoms with Crippen LogP contribution < -0.4 is 0 Å². The Labute approximate surface area is 142 Å². The summed E-state index contributed by atoms with van der Waals surface area (Å²) >= 11 is 0. The Hall–Kier alpha value is -2.55. The lowest BCUT2D eigenvalue weighted by Gasteiger charge is -2.09. The molecule has 0 atom stereocenters. The van der Waals surface area contributed by atoms with Crippen LogP contribution in [0.5, 0.6) is 0 Å². The fourth-order valence-corrected chi connectivity index (χ4v) is 3.48. The predicted molar refractivity (Wildman–Crippen MR) is 96.1 cm³/mol. The van der Waals surface area contributed by atoms with E-state index in [0.29, 0.717) is 0 Å². The molecule has 0 N–H and O–H groups in total. The summed E-state index contributed by atoms with van der Waals surface area (Å²) in [5.74, 6) is 2.68. The van der Waals surface area contributed by atoms with Crippen LogP contribution in [-0.2, 0) is 25.7 Å². The summed E-state index contributed by atoms with van der Waals surface area (Å²) in [7, 11) is 0. The topological polar surface area (TPSA) is 38.7 Å². The first-order valence-corrected chi connectivity index (χ1v) is 8.70. The highest BCUT2D eigenvalue weighted by Crippen LogP contribution is 2.38. The van der Waals surface area contributed by atoms with Gasteiger partial charge >= 0.3 is 0 Å². The van der Waals surface area contributed by atoms with Crippen LogP contribution in [0.1, 0.15) is 48.0 Å². The van der Waals surface area contributed by atoms with Gasteiger partial charge in [0.25, 0.3) is 0 Å². The van der Waals surface area contributed by atoms with Crippen LogP contribution in [0.4, 0.5) is 0 Å². The van der Waals surface area contributed by atoms with Gasteiger partial charge < -0.3 is 0 Å². The molecule has 0 saturated carbocycles. The summed E-state index contributed by atoms with van der Waals surface area (Å²) in [4.78, 5) is 13.8. The van der Waals surface area contributed by atoms with Crippen molar-refractivity contribution in [3.05, 3.63) is 76.6 Å². The number of benzene rings is 2. The zero-order valence-electron chi connectivity index (χ0n) is 14.2. The molecule has 3 nitrogen and oxygen atoms in total. The summed E-state index contributed by atoms with van der Waals surface area (Å²) in [6.07, 6.45) is 3.48. The van der Waals surface area contributed by atoms with Gasteiger partial charge in [-0.2, -0.15) is 0 Å². The predicted octanol–water partition coefficient (Wildman–Crippen LogP) is 4.16. The highest BCUT2D eigenvalue weighted by molar-refractivity contribution is 5.77. The molecule has 1 aliphatic rings. The standard InChI is InChI=1S/C21H21N3/c1-3-19-22-20(4-2)24-21(23-19)13-15-9-7-11-17-16-10-6-5-8-14(16)12-18(15)17/h5-11H,3-4,12-13H2,1-2H3. The van der Waals surface area contributed by atoms with Gasteiger partial charge in [0.1, 0.15) is 17.5 Å². The van der Waals surface area contributed by atoms with Crippen LogP contribution in [0, 0.1) is 0 Å². The van der Waals surface area contributed by atoms with Crippen molar-refractivity contribution in [1.82, 2.24) is 15.0 Å². The molecule has 0 aliphatic heterocycles. The first-order valence-electron chi connectivity index (χ1n) is 8.70. The number of nitrogens with zero attached hydrogens (tertiary/aromatic N) is 3. The second-order valence-electron chi connectivity index (χ2n) is 6.25. The van der Waals surface area contributed by atoms with Crippen molar-refractivity contribution in [3.63, 3.8) is 0 Å². The lowest BCUT2D eigenvalue weighted by atomic mass is 9.99. The number of aryl methyl sites for hydroxylation is 2. The molecule has 4 rings (SSSR count). The minimum Gasteiger partial charge on any atom is -0.218 e.